The molecule has 120 valence electrons. The van der Waals surface area contributed by atoms with E-state index < -0.39 is 0 Å². The van der Waals surface area contributed by atoms with Gasteiger partial charge in [0.25, 0.3) is 0 Å². The number of nitrogens with one attached hydrogen (secondary N) is 1. The van der Waals surface area contributed by atoms with Crippen LogP contribution >= 0.6 is 0 Å². The summed E-state index contributed by atoms with van der Waals surface area (Å²) >= 11 is 0. The molecule has 0 radical (unpaired) electrons. The molecule has 1 heterocycles. The average Bonchev–Trinajstić information content (AvgIpc) is 2.44. The van der Waals surface area contributed by atoms with Crippen molar-refractivity contribution in [2.24, 2.45) is 5.92 Å². The topological polar surface area (TPSA) is 21.8 Å². The third kappa shape index (κ3) is 7.58. The lowest BCUT2D eigenvalue weighted by Gasteiger charge is -2.35. The molecular formula is C16H36N4. The largest absolute Gasteiger partial charge is 0.314 e. The summed E-state index contributed by atoms with van der Waals surface area (Å²) in [4.78, 5) is 7.67. The van der Waals surface area contributed by atoms with Crippen LogP contribution in [0.5, 0.6) is 0 Å². The van der Waals surface area contributed by atoms with Crippen molar-refractivity contribution in [2.75, 3.05) is 72.0 Å². The molecule has 0 aromatic rings. The number of likely N-dealkylation sites (N-methyl/N-ethyl adjacent to an activating group) is 1. The number of hydrogen-bond acceptors (Lipinski definition) is 4. The SMILES string of the molecule is CCN(CC)CCNCCN1CCN(CC(C)C)CC1. The van der Waals surface area contributed by atoms with Gasteiger partial charge in [0.05, 0.1) is 0 Å². The van der Waals surface area contributed by atoms with Gasteiger partial charge in [0.2, 0.25) is 0 Å². The van der Waals surface area contributed by atoms with E-state index in [4.69, 9.17) is 0 Å². The summed E-state index contributed by atoms with van der Waals surface area (Å²) in [6.07, 6.45) is 0. The van der Waals surface area contributed by atoms with Crippen molar-refractivity contribution >= 4 is 0 Å². The summed E-state index contributed by atoms with van der Waals surface area (Å²) in [6, 6.07) is 0. The molecule has 0 aromatic carbocycles. The average molecular weight is 284 g/mol. The van der Waals surface area contributed by atoms with Gasteiger partial charge in [-0.05, 0) is 19.0 Å². The molecule has 0 spiro atoms. The van der Waals surface area contributed by atoms with Crippen molar-refractivity contribution in [2.45, 2.75) is 27.7 Å². The molecule has 1 rings (SSSR count). The highest BCUT2D eigenvalue weighted by Gasteiger charge is 2.16. The van der Waals surface area contributed by atoms with E-state index in [2.05, 4.69) is 47.7 Å². The molecule has 1 N–H and O–H groups in total. The van der Waals surface area contributed by atoms with Crippen molar-refractivity contribution in [1.82, 2.24) is 20.0 Å². The van der Waals surface area contributed by atoms with Gasteiger partial charge in [0.1, 0.15) is 0 Å². The quantitative estimate of drug-likeness (QED) is 0.608. The Morgan fingerprint density at radius 2 is 1.55 bits per heavy atom. The molecular weight excluding hydrogens is 248 g/mol. The van der Waals surface area contributed by atoms with Crippen LogP contribution in [0, 0.1) is 5.92 Å². The Morgan fingerprint density at radius 3 is 2.10 bits per heavy atom. The van der Waals surface area contributed by atoms with Crippen LogP contribution in [0.15, 0.2) is 0 Å². The second kappa shape index (κ2) is 10.6. The number of piperazine rings is 1. The van der Waals surface area contributed by atoms with Crippen molar-refractivity contribution < 1.29 is 0 Å². The van der Waals surface area contributed by atoms with Crippen molar-refractivity contribution in [3.63, 3.8) is 0 Å². The first-order valence-electron chi connectivity index (χ1n) is 8.53. The maximum Gasteiger partial charge on any atom is 0.0110 e. The van der Waals surface area contributed by atoms with Gasteiger partial charge in [0, 0.05) is 58.9 Å². The highest BCUT2D eigenvalue weighted by molar-refractivity contribution is 4.73. The molecule has 0 unspecified atom stereocenters. The van der Waals surface area contributed by atoms with E-state index in [-0.39, 0.29) is 0 Å². The van der Waals surface area contributed by atoms with Crippen molar-refractivity contribution in [1.29, 1.82) is 0 Å². The molecule has 1 saturated heterocycles. The number of rotatable bonds is 10. The Labute approximate surface area is 126 Å². The predicted molar refractivity (Wildman–Crippen MR) is 88.4 cm³/mol. The summed E-state index contributed by atoms with van der Waals surface area (Å²) in [5, 5.41) is 3.58. The normalized spacial score (nSPS) is 18.3. The minimum absolute atomic E-state index is 0.795. The molecule has 0 aliphatic carbocycles. The first-order chi connectivity index (χ1) is 9.65. The summed E-state index contributed by atoms with van der Waals surface area (Å²) in [5.41, 5.74) is 0. The van der Waals surface area contributed by atoms with Gasteiger partial charge < -0.3 is 15.1 Å². The maximum absolute atomic E-state index is 3.58. The smallest absolute Gasteiger partial charge is 0.0110 e. The van der Waals surface area contributed by atoms with Crippen LogP contribution in [0.25, 0.3) is 0 Å². The van der Waals surface area contributed by atoms with Crippen LogP contribution in [0.1, 0.15) is 27.7 Å². The number of nitrogens with zero attached hydrogens (tertiary/aromatic N) is 3. The van der Waals surface area contributed by atoms with Crippen LogP contribution in [0.3, 0.4) is 0 Å². The van der Waals surface area contributed by atoms with E-state index >= 15 is 0 Å². The predicted octanol–water partition coefficient (Wildman–Crippen LogP) is 1.19. The minimum Gasteiger partial charge on any atom is -0.314 e. The maximum atomic E-state index is 3.58. The van der Waals surface area contributed by atoms with Crippen LogP contribution < -0.4 is 5.32 Å². The second-order valence-corrected chi connectivity index (χ2v) is 6.31. The molecule has 0 bridgehead atoms. The van der Waals surface area contributed by atoms with E-state index in [9.17, 15) is 0 Å². The molecule has 4 heteroatoms. The Balaban J connectivity index is 1.99. The lowest BCUT2D eigenvalue weighted by atomic mass is 10.2. The highest BCUT2D eigenvalue weighted by atomic mass is 15.3. The zero-order valence-corrected chi connectivity index (χ0v) is 14.2. The molecule has 4 nitrogen and oxygen atoms in total. The summed E-state index contributed by atoms with van der Waals surface area (Å²) in [7, 11) is 0. The molecule has 0 atom stereocenters. The molecule has 0 saturated carbocycles. The minimum atomic E-state index is 0.795. The fourth-order valence-electron chi connectivity index (χ4n) is 2.85. The molecule has 0 aromatic heterocycles. The van der Waals surface area contributed by atoms with Crippen LogP contribution in [0.2, 0.25) is 0 Å². The summed E-state index contributed by atoms with van der Waals surface area (Å²) in [6.45, 7) is 22.3. The highest BCUT2D eigenvalue weighted by Crippen LogP contribution is 2.04. The van der Waals surface area contributed by atoms with Gasteiger partial charge in [0.15, 0.2) is 0 Å². The monoisotopic (exact) mass is 284 g/mol. The fourth-order valence-corrected chi connectivity index (χ4v) is 2.85. The Hall–Kier alpha value is -0.160. The standard InChI is InChI=1S/C16H36N4/c1-5-18(6-2)9-7-17-8-10-19-11-13-20(14-12-19)15-16(3)4/h16-17H,5-15H2,1-4H3. The van der Waals surface area contributed by atoms with E-state index in [1.807, 2.05) is 0 Å². The Kier molecular flexibility index (Phi) is 9.44. The van der Waals surface area contributed by atoms with Crippen LogP contribution in [-0.2, 0) is 0 Å². The lowest BCUT2D eigenvalue weighted by Crippen LogP contribution is -2.49. The van der Waals surface area contributed by atoms with Gasteiger partial charge in [-0.3, -0.25) is 4.90 Å². The molecule has 1 aliphatic heterocycles. The third-order valence-corrected chi connectivity index (χ3v) is 4.19. The van der Waals surface area contributed by atoms with E-state index in [0.29, 0.717) is 0 Å². The molecule has 20 heavy (non-hydrogen) atoms. The van der Waals surface area contributed by atoms with E-state index in [1.54, 1.807) is 0 Å². The first kappa shape index (κ1) is 17.9. The van der Waals surface area contributed by atoms with E-state index in [0.717, 1.165) is 32.1 Å². The van der Waals surface area contributed by atoms with Gasteiger partial charge in [-0.25, -0.2) is 0 Å². The third-order valence-electron chi connectivity index (χ3n) is 4.19. The summed E-state index contributed by atoms with van der Waals surface area (Å²) in [5.74, 6) is 0.795. The molecule has 0 amide bonds. The van der Waals surface area contributed by atoms with Crippen LogP contribution in [0.4, 0.5) is 0 Å². The van der Waals surface area contributed by atoms with Gasteiger partial charge >= 0.3 is 0 Å². The van der Waals surface area contributed by atoms with Gasteiger partial charge in [-0.15, -0.1) is 0 Å². The zero-order valence-electron chi connectivity index (χ0n) is 14.2. The van der Waals surface area contributed by atoms with Gasteiger partial charge in [-0.1, -0.05) is 27.7 Å². The van der Waals surface area contributed by atoms with E-state index in [1.165, 1.54) is 45.8 Å². The fraction of sp³-hybridized carbons (Fsp3) is 1.00. The Morgan fingerprint density at radius 1 is 0.950 bits per heavy atom. The van der Waals surface area contributed by atoms with Crippen molar-refractivity contribution in [3.05, 3.63) is 0 Å². The van der Waals surface area contributed by atoms with Crippen molar-refractivity contribution in [3.8, 4) is 0 Å². The van der Waals surface area contributed by atoms with Crippen LogP contribution in [-0.4, -0.2) is 86.7 Å². The second-order valence-electron chi connectivity index (χ2n) is 6.31. The Bertz CT molecular complexity index is 221. The lowest BCUT2D eigenvalue weighted by molar-refractivity contribution is 0.123. The van der Waals surface area contributed by atoms with Gasteiger partial charge in [-0.2, -0.15) is 0 Å². The molecule has 1 aliphatic rings. The number of hydrogen-bond donors (Lipinski definition) is 1. The molecule has 1 fully saturated rings. The summed E-state index contributed by atoms with van der Waals surface area (Å²) < 4.78 is 0. The first-order valence-corrected chi connectivity index (χ1v) is 8.53. The zero-order chi connectivity index (χ0) is 14.8.